The van der Waals surface area contributed by atoms with E-state index in [1.54, 1.807) is 26.0 Å². The highest BCUT2D eigenvalue weighted by Gasteiger charge is 2.23. The largest absolute Gasteiger partial charge is 0.480 e. The maximum atomic E-state index is 11.6. The van der Waals surface area contributed by atoms with Crippen molar-refractivity contribution in [3.8, 4) is 0 Å². The molecule has 7 nitrogen and oxygen atoms in total. The number of amides is 2. The topological polar surface area (TPSA) is 108 Å². The zero-order valence-corrected chi connectivity index (χ0v) is 11.3. The summed E-state index contributed by atoms with van der Waals surface area (Å²) in [4.78, 5) is 38.0. The Labute approximate surface area is 116 Å². The normalized spacial score (nSPS) is 11.8. The van der Waals surface area contributed by atoms with Crippen LogP contribution in [0.15, 0.2) is 24.4 Å². The maximum absolute atomic E-state index is 11.6. The number of pyridine rings is 1. The van der Waals surface area contributed by atoms with Crippen LogP contribution >= 0.6 is 0 Å². The van der Waals surface area contributed by atoms with Gasteiger partial charge in [-0.2, -0.15) is 0 Å². The van der Waals surface area contributed by atoms with E-state index in [4.69, 9.17) is 5.11 Å². The van der Waals surface area contributed by atoms with E-state index in [2.05, 4.69) is 15.6 Å². The number of aliphatic carboxylic acids is 1. The highest BCUT2D eigenvalue weighted by Crippen LogP contribution is 2.01. The molecule has 0 saturated heterocycles. The Balaban J connectivity index is 2.47. The summed E-state index contributed by atoms with van der Waals surface area (Å²) in [7, 11) is 0. The van der Waals surface area contributed by atoms with Crippen molar-refractivity contribution >= 4 is 17.8 Å². The van der Waals surface area contributed by atoms with Crippen molar-refractivity contribution in [1.29, 1.82) is 0 Å². The van der Waals surface area contributed by atoms with E-state index in [9.17, 15) is 14.4 Å². The average molecular weight is 279 g/mol. The molecule has 1 rings (SSSR count). The number of carboxylic acid groups (broad SMARTS) is 1. The van der Waals surface area contributed by atoms with Gasteiger partial charge in [-0.05, 0) is 18.1 Å². The lowest BCUT2D eigenvalue weighted by Crippen LogP contribution is -2.48. The highest BCUT2D eigenvalue weighted by atomic mass is 16.4. The Morgan fingerprint density at radius 2 is 2.00 bits per heavy atom. The van der Waals surface area contributed by atoms with Crippen molar-refractivity contribution in [2.24, 2.45) is 5.92 Å². The third-order valence-corrected chi connectivity index (χ3v) is 2.56. The molecule has 1 heterocycles. The quantitative estimate of drug-likeness (QED) is 0.681. The van der Waals surface area contributed by atoms with Gasteiger partial charge in [0.2, 0.25) is 5.91 Å². The fourth-order valence-electron chi connectivity index (χ4n) is 1.49. The van der Waals surface area contributed by atoms with Crippen LogP contribution in [0.4, 0.5) is 0 Å². The summed E-state index contributed by atoms with van der Waals surface area (Å²) in [6.45, 7) is 3.07. The van der Waals surface area contributed by atoms with Crippen LogP contribution in [0.3, 0.4) is 0 Å². The minimum atomic E-state index is -1.11. The first-order chi connectivity index (χ1) is 9.41. The van der Waals surface area contributed by atoms with Gasteiger partial charge < -0.3 is 15.7 Å². The molecule has 0 aliphatic carbocycles. The number of rotatable bonds is 6. The number of carbonyl (C=O) groups excluding carboxylic acids is 2. The summed E-state index contributed by atoms with van der Waals surface area (Å²) in [5.74, 6) is -2.40. The minimum absolute atomic E-state index is 0.193. The van der Waals surface area contributed by atoms with Gasteiger partial charge in [-0.3, -0.25) is 14.6 Å². The number of hydrogen-bond acceptors (Lipinski definition) is 4. The van der Waals surface area contributed by atoms with Crippen molar-refractivity contribution in [1.82, 2.24) is 15.6 Å². The molecular weight excluding hydrogens is 262 g/mol. The number of carbonyl (C=O) groups is 3. The molecule has 1 aromatic heterocycles. The Kier molecular flexibility index (Phi) is 5.64. The Morgan fingerprint density at radius 1 is 1.30 bits per heavy atom. The third-order valence-electron chi connectivity index (χ3n) is 2.56. The smallest absolute Gasteiger partial charge is 0.326 e. The zero-order valence-electron chi connectivity index (χ0n) is 11.3. The summed E-state index contributed by atoms with van der Waals surface area (Å²) < 4.78 is 0. The van der Waals surface area contributed by atoms with E-state index >= 15 is 0 Å². The molecule has 7 heteroatoms. The summed E-state index contributed by atoms with van der Waals surface area (Å²) >= 11 is 0. The molecule has 0 aliphatic heterocycles. The molecular formula is C13H17N3O4. The number of carboxylic acids is 1. The van der Waals surface area contributed by atoms with E-state index in [1.807, 2.05) is 0 Å². The van der Waals surface area contributed by atoms with Gasteiger partial charge in [0, 0.05) is 6.20 Å². The standard InChI is InChI=1S/C13H17N3O4/c1-8(2)11(13(19)20)16-10(17)7-15-12(18)9-5-3-4-6-14-9/h3-6,8,11H,7H2,1-2H3,(H,15,18)(H,16,17)(H,19,20)/t11-/m1/s1. The van der Waals surface area contributed by atoms with Gasteiger partial charge in [-0.15, -0.1) is 0 Å². The third kappa shape index (κ3) is 4.68. The van der Waals surface area contributed by atoms with Crippen molar-refractivity contribution in [2.45, 2.75) is 19.9 Å². The minimum Gasteiger partial charge on any atom is -0.480 e. The number of nitrogens with one attached hydrogen (secondary N) is 2. The van der Waals surface area contributed by atoms with Crippen LogP contribution in [0.5, 0.6) is 0 Å². The Bertz CT molecular complexity index is 488. The van der Waals surface area contributed by atoms with Gasteiger partial charge in [0.05, 0.1) is 6.54 Å². The Hall–Kier alpha value is -2.44. The monoisotopic (exact) mass is 279 g/mol. The molecule has 108 valence electrons. The van der Waals surface area contributed by atoms with Gasteiger partial charge in [-0.25, -0.2) is 4.79 Å². The highest BCUT2D eigenvalue weighted by molar-refractivity contribution is 5.95. The maximum Gasteiger partial charge on any atom is 0.326 e. The molecule has 0 unspecified atom stereocenters. The predicted molar refractivity (Wildman–Crippen MR) is 71.0 cm³/mol. The fraction of sp³-hybridized carbons (Fsp3) is 0.385. The molecule has 0 fully saturated rings. The van der Waals surface area contributed by atoms with Crippen molar-refractivity contribution in [3.63, 3.8) is 0 Å². The van der Waals surface area contributed by atoms with Gasteiger partial charge in [0.15, 0.2) is 0 Å². The number of nitrogens with zero attached hydrogens (tertiary/aromatic N) is 1. The molecule has 0 aliphatic rings. The van der Waals surface area contributed by atoms with E-state index < -0.39 is 23.8 Å². The van der Waals surface area contributed by atoms with Gasteiger partial charge in [0.1, 0.15) is 11.7 Å². The van der Waals surface area contributed by atoms with Crippen LogP contribution in [-0.2, 0) is 9.59 Å². The molecule has 1 atom stereocenters. The predicted octanol–water partition coefficient (Wildman–Crippen LogP) is 0.0368. The van der Waals surface area contributed by atoms with Crippen molar-refractivity contribution in [2.75, 3.05) is 6.54 Å². The Morgan fingerprint density at radius 3 is 2.50 bits per heavy atom. The van der Waals surface area contributed by atoms with Crippen LogP contribution in [0.1, 0.15) is 24.3 Å². The number of aromatic nitrogens is 1. The van der Waals surface area contributed by atoms with E-state index in [0.717, 1.165) is 0 Å². The second-order valence-corrected chi connectivity index (χ2v) is 4.53. The van der Waals surface area contributed by atoms with Crippen LogP contribution in [0.2, 0.25) is 0 Å². The van der Waals surface area contributed by atoms with E-state index in [0.29, 0.717) is 0 Å². The van der Waals surface area contributed by atoms with Gasteiger partial charge in [0.25, 0.3) is 5.91 Å². The average Bonchev–Trinajstić information content (AvgIpc) is 2.42. The second-order valence-electron chi connectivity index (χ2n) is 4.53. The lowest BCUT2D eigenvalue weighted by atomic mass is 10.1. The molecule has 0 aromatic carbocycles. The summed E-state index contributed by atoms with van der Waals surface area (Å²) in [5.41, 5.74) is 0.193. The lowest BCUT2D eigenvalue weighted by molar-refractivity contribution is -0.142. The summed E-state index contributed by atoms with van der Waals surface area (Å²) in [5, 5.41) is 13.7. The zero-order chi connectivity index (χ0) is 15.1. The SMILES string of the molecule is CC(C)[C@@H](NC(=O)CNC(=O)c1ccccn1)C(=O)O. The fourth-order valence-corrected chi connectivity index (χ4v) is 1.49. The number of hydrogen-bond donors (Lipinski definition) is 3. The van der Waals surface area contributed by atoms with Crippen LogP contribution < -0.4 is 10.6 Å². The van der Waals surface area contributed by atoms with Crippen LogP contribution in [0, 0.1) is 5.92 Å². The molecule has 1 aromatic rings. The van der Waals surface area contributed by atoms with Crippen LogP contribution in [0.25, 0.3) is 0 Å². The first-order valence-corrected chi connectivity index (χ1v) is 6.13. The molecule has 2 amide bonds. The summed E-state index contributed by atoms with van der Waals surface area (Å²) in [6, 6.07) is 3.86. The molecule has 0 spiro atoms. The van der Waals surface area contributed by atoms with Gasteiger partial charge >= 0.3 is 5.97 Å². The van der Waals surface area contributed by atoms with Crippen molar-refractivity contribution in [3.05, 3.63) is 30.1 Å². The second kappa shape index (κ2) is 7.22. The lowest BCUT2D eigenvalue weighted by Gasteiger charge is -2.17. The molecule has 3 N–H and O–H groups in total. The summed E-state index contributed by atoms with van der Waals surface area (Å²) in [6.07, 6.45) is 1.47. The van der Waals surface area contributed by atoms with Crippen LogP contribution in [-0.4, -0.2) is 40.5 Å². The first kappa shape index (κ1) is 15.6. The van der Waals surface area contributed by atoms with E-state index in [1.165, 1.54) is 12.3 Å². The molecule has 0 radical (unpaired) electrons. The van der Waals surface area contributed by atoms with Crippen molar-refractivity contribution < 1.29 is 19.5 Å². The van der Waals surface area contributed by atoms with Gasteiger partial charge in [-0.1, -0.05) is 19.9 Å². The molecule has 0 saturated carbocycles. The molecule has 0 bridgehead atoms. The van der Waals surface area contributed by atoms with E-state index in [-0.39, 0.29) is 18.2 Å². The first-order valence-electron chi connectivity index (χ1n) is 6.13. The molecule has 20 heavy (non-hydrogen) atoms.